The van der Waals surface area contributed by atoms with Crippen molar-refractivity contribution in [2.45, 2.75) is 19.5 Å². The standard InChI is InChI=1S/C24H30N6O2/c1-19(21-5-9-23(10-6-21)30-18-25-17-26-30)28(2)16-24(31)27-22-7-3-20(4-8-22)15-29-11-13-32-14-12-29/h3-10,17-19H,11-16H2,1-2H3,(H,27,31)/t19-/m1/s1. The third-order valence-corrected chi connectivity index (χ3v) is 5.86. The predicted octanol–water partition coefficient (Wildman–Crippen LogP) is 2.73. The van der Waals surface area contributed by atoms with Crippen LogP contribution in [-0.2, 0) is 16.1 Å². The number of hydrogen-bond donors (Lipinski definition) is 1. The van der Waals surface area contributed by atoms with Crippen LogP contribution in [0, 0.1) is 0 Å². The van der Waals surface area contributed by atoms with Crippen LogP contribution >= 0.6 is 0 Å². The Morgan fingerprint density at radius 2 is 1.84 bits per heavy atom. The van der Waals surface area contributed by atoms with E-state index in [0.29, 0.717) is 6.54 Å². The molecule has 0 aliphatic carbocycles. The number of anilines is 1. The molecule has 3 aromatic rings. The zero-order chi connectivity index (χ0) is 22.3. The van der Waals surface area contributed by atoms with E-state index in [9.17, 15) is 4.79 Å². The summed E-state index contributed by atoms with van der Waals surface area (Å²) in [6.07, 6.45) is 3.19. The third-order valence-electron chi connectivity index (χ3n) is 5.86. The van der Waals surface area contributed by atoms with Crippen molar-refractivity contribution in [2.75, 3.05) is 45.2 Å². The molecule has 8 heteroatoms. The smallest absolute Gasteiger partial charge is 0.238 e. The van der Waals surface area contributed by atoms with E-state index in [2.05, 4.69) is 51.5 Å². The van der Waals surface area contributed by atoms with Crippen LogP contribution in [0.15, 0.2) is 61.2 Å². The number of nitrogens with zero attached hydrogens (tertiary/aromatic N) is 5. The van der Waals surface area contributed by atoms with Crippen molar-refractivity contribution in [2.24, 2.45) is 0 Å². The molecule has 1 aromatic heterocycles. The number of amides is 1. The zero-order valence-corrected chi connectivity index (χ0v) is 18.6. The maximum absolute atomic E-state index is 12.6. The summed E-state index contributed by atoms with van der Waals surface area (Å²) in [5, 5.41) is 7.15. The maximum Gasteiger partial charge on any atom is 0.238 e. The Balaban J connectivity index is 1.27. The maximum atomic E-state index is 12.6. The first kappa shape index (κ1) is 22.1. The predicted molar refractivity (Wildman–Crippen MR) is 124 cm³/mol. The highest BCUT2D eigenvalue weighted by Gasteiger charge is 2.16. The Hall–Kier alpha value is -3.07. The summed E-state index contributed by atoms with van der Waals surface area (Å²) in [5.74, 6) is -0.0282. The van der Waals surface area contributed by atoms with Crippen molar-refractivity contribution < 1.29 is 9.53 Å². The SMILES string of the molecule is C[C@H](c1ccc(-n2cncn2)cc1)N(C)CC(=O)Nc1ccc(CN2CCOCC2)cc1. The van der Waals surface area contributed by atoms with Gasteiger partial charge in [-0.2, -0.15) is 5.10 Å². The number of carbonyl (C=O) groups excluding carboxylic acids is 1. The lowest BCUT2D eigenvalue weighted by atomic mass is 10.1. The van der Waals surface area contributed by atoms with Crippen molar-refractivity contribution in [1.82, 2.24) is 24.6 Å². The fraction of sp³-hybridized carbons (Fsp3) is 0.375. The molecule has 1 fully saturated rings. The van der Waals surface area contributed by atoms with Crippen molar-refractivity contribution in [3.8, 4) is 5.69 Å². The number of rotatable bonds is 8. The molecule has 4 rings (SSSR count). The Kier molecular flexibility index (Phi) is 7.26. The van der Waals surface area contributed by atoms with Gasteiger partial charge >= 0.3 is 0 Å². The van der Waals surface area contributed by atoms with Crippen molar-refractivity contribution in [3.63, 3.8) is 0 Å². The van der Waals surface area contributed by atoms with E-state index >= 15 is 0 Å². The lowest BCUT2D eigenvalue weighted by Crippen LogP contribution is -2.35. The Morgan fingerprint density at radius 1 is 1.12 bits per heavy atom. The number of hydrogen-bond acceptors (Lipinski definition) is 6. The lowest BCUT2D eigenvalue weighted by molar-refractivity contribution is -0.117. The number of likely N-dealkylation sites (N-methyl/N-ethyl adjacent to an activating group) is 1. The summed E-state index contributed by atoms with van der Waals surface area (Å²) in [7, 11) is 1.96. The highest BCUT2D eigenvalue weighted by Crippen LogP contribution is 2.20. The van der Waals surface area contributed by atoms with Crippen LogP contribution in [0.3, 0.4) is 0 Å². The molecular weight excluding hydrogens is 404 g/mol. The second-order valence-corrected chi connectivity index (χ2v) is 8.16. The van der Waals surface area contributed by atoms with Gasteiger partial charge in [-0.25, -0.2) is 9.67 Å². The molecule has 168 valence electrons. The van der Waals surface area contributed by atoms with Gasteiger partial charge in [0.2, 0.25) is 5.91 Å². The second kappa shape index (κ2) is 10.5. The summed E-state index contributed by atoms with van der Waals surface area (Å²) in [6, 6.07) is 16.3. The summed E-state index contributed by atoms with van der Waals surface area (Å²) >= 11 is 0. The monoisotopic (exact) mass is 434 g/mol. The number of aromatic nitrogens is 3. The summed E-state index contributed by atoms with van der Waals surface area (Å²) in [5.41, 5.74) is 4.15. The molecule has 0 saturated carbocycles. The van der Waals surface area contributed by atoms with E-state index in [4.69, 9.17) is 4.74 Å². The fourth-order valence-electron chi connectivity index (χ4n) is 3.78. The Labute approximate surface area is 188 Å². The average Bonchev–Trinajstić information content (AvgIpc) is 3.36. The van der Waals surface area contributed by atoms with E-state index in [0.717, 1.165) is 49.8 Å². The van der Waals surface area contributed by atoms with Crippen LogP contribution in [0.5, 0.6) is 0 Å². The molecule has 32 heavy (non-hydrogen) atoms. The molecule has 0 bridgehead atoms. The molecule has 0 unspecified atom stereocenters. The van der Waals surface area contributed by atoms with Crippen LogP contribution in [0.2, 0.25) is 0 Å². The van der Waals surface area contributed by atoms with E-state index in [1.54, 1.807) is 11.0 Å². The van der Waals surface area contributed by atoms with E-state index in [1.165, 1.54) is 11.9 Å². The van der Waals surface area contributed by atoms with E-state index in [-0.39, 0.29) is 11.9 Å². The minimum atomic E-state index is -0.0282. The highest BCUT2D eigenvalue weighted by atomic mass is 16.5. The van der Waals surface area contributed by atoms with Gasteiger partial charge in [0.1, 0.15) is 12.7 Å². The van der Waals surface area contributed by atoms with Crippen LogP contribution < -0.4 is 5.32 Å². The molecule has 1 amide bonds. The molecule has 2 heterocycles. The van der Waals surface area contributed by atoms with Crippen LogP contribution in [0.1, 0.15) is 24.1 Å². The van der Waals surface area contributed by atoms with Gasteiger partial charge in [-0.05, 0) is 49.4 Å². The van der Waals surface area contributed by atoms with Crippen molar-refractivity contribution in [3.05, 3.63) is 72.3 Å². The van der Waals surface area contributed by atoms with Gasteiger partial charge in [-0.15, -0.1) is 0 Å². The first-order valence-electron chi connectivity index (χ1n) is 10.9. The molecule has 2 aromatic carbocycles. The number of carbonyl (C=O) groups is 1. The quantitative estimate of drug-likeness (QED) is 0.588. The fourth-order valence-corrected chi connectivity index (χ4v) is 3.78. The number of nitrogens with one attached hydrogen (secondary N) is 1. The van der Waals surface area contributed by atoms with E-state index < -0.39 is 0 Å². The van der Waals surface area contributed by atoms with Crippen LogP contribution in [0.4, 0.5) is 5.69 Å². The molecule has 8 nitrogen and oxygen atoms in total. The van der Waals surface area contributed by atoms with Gasteiger partial charge in [0.25, 0.3) is 0 Å². The Bertz CT molecular complexity index is 982. The minimum absolute atomic E-state index is 0.0282. The van der Waals surface area contributed by atoms with Gasteiger partial charge in [-0.1, -0.05) is 24.3 Å². The molecule has 1 aliphatic rings. The number of benzene rings is 2. The van der Waals surface area contributed by atoms with Gasteiger partial charge < -0.3 is 10.1 Å². The highest BCUT2D eigenvalue weighted by molar-refractivity contribution is 5.92. The van der Waals surface area contributed by atoms with Crippen molar-refractivity contribution in [1.29, 1.82) is 0 Å². The Morgan fingerprint density at radius 3 is 2.50 bits per heavy atom. The topological polar surface area (TPSA) is 75.5 Å². The molecule has 0 spiro atoms. The van der Waals surface area contributed by atoms with Gasteiger partial charge in [0, 0.05) is 31.4 Å². The first-order chi connectivity index (χ1) is 15.6. The molecule has 1 atom stereocenters. The van der Waals surface area contributed by atoms with Gasteiger partial charge in [0.05, 0.1) is 25.4 Å². The summed E-state index contributed by atoms with van der Waals surface area (Å²) in [4.78, 5) is 21.0. The van der Waals surface area contributed by atoms with Gasteiger partial charge in [-0.3, -0.25) is 14.6 Å². The van der Waals surface area contributed by atoms with E-state index in [1.807, 2.05) is 36.2 Å². The molecular formula is C24H30N6O2. The normalized spacial score (nSPS) is 15.6. The zero-order valence-electron chi connectivity index (χ0n) is 18.6. The van der Waals surface area contributed by atoms with Crippen LogP contribution in [-0.4, -0.2) is 70.4 Å². The second-order valence-electron chi connectivity index (χ2n) is 8.16. The lowest BCUT2D eigenvalue weighted by Gasteiger charge is -2.26. The molecule has 1 saturated heterocycles. The van der Waals surface area contributed by atoms with Gasteiger partial charge in [0.15, 0.2) is 0 Å². The average molecular weight is 435 g/mol. The molecule has 1 aliphatic heterocycles. The minimum Gasteiger partial charge on any atom is -0.379 e. The van der Waals surface area contributed by atoms with Crippen LogP contribution in [0.25, 0.3) is 5.69 Å². The summed E-state index contributed by atoms with van der Waals surface area (Å²) < 4.78 is 7.12. The molecule has 1 N–H and O–H groups in total. The summed E-state index contributed by atoms with van der Waals surface area (Å²) in [6.45, 7) is 6.84. The largest absolute Gasteiger partial charge is 0.379 e. The number of ether oxygens (including phenoxy) is 1. The van der Waals surface area contributed by atoms with Crippen molar-refractivity contribution >= 4 is 11.6 Å². The third kappa shape index (κ3) is 5.79. The number of morpholine rings is 1. The molecule has 0 radical (unpaired) electrons. The first-order valence-corrected chi connectivity index (χ1v) is 10.9.